The maximum absolute atomic E-state index is 13.7. The third-order valence-electron chi connectivity index (χ3n) is 2.21. The number of esters is 1. The van der Waals surface area contributed by atoms with Crippen molar-refractivity contribution in [3.8, 4) is 11.3 Å². The monoisotopic (exact) mass is 317 g/mol. The van der Waals surface area contributed by atoms with Gasteiger partial charge in [0.05, 0.1) is 17.1 Å². The molecule has 0 fully saturated rings. The van der Waals surface area contributed by atoms with Gasteiger partial charge in [0.25, 0.3) is 0 Å². The molecule has 0 saturated heterocycles. The molecule has 0 aliphatic rings. The highest BCUT2D eigenvalue weighted by molar-refractivity contribution is 9.10. The van der Waals surface area contributed by atoms with Crippen LogP contribution in [0, 0.1) is 11.6 Å². The molecule has 18 heavy (non-hydrogen) atoms. The van der Waals surface area contributed by atoms with E-state index in [0.29, 0.717) is 0 Å². The molecule has 1 aromatic carbocycles. The Hall–Kier alpha value is -1.76. The summed E-state index contributed by atoms with van der Waals surface area (Å²) < 4.78 is 35.7. The molecule has 0 saturated carbocycles. The van der Waals surface area contributed by atoms with Crippen LogP contribution >= 0.6 is 15.9 Å². The fraction of sp³-hybridized carbons (Fsp3) is 0.0909. The zero-order valence-corrected chi connectivity index (χ0v) is 10.6. The Labute approximate surface area is 109 Å². The Morgan fingerprint density at radius 2 is 2.17 bits per heavy atom. The number of hydrogen-bond acceptors (Lipinski definition) is 4. The number of halogens is 3. The van der Waals surface area contributed by atoms with Gasteiger partial charge < -0.3 is 9.26 Å². The van der Waals surface area contributed by atoms with Crippen LogP contribution < -0.4 is 0 Å². The molecule has 0 amide bonds. The van der Waals surface area contributed by atoms with Crippen molar-refractivity contribution in [2.45, 2.75) is 0 Å². The van der Waals surface area contributed by atoms with Crippen LogP contribution in [0.5, 0.6) is 0 Å². The summed E-state index contributed by atoms with van der Waals surface area (Å²) in [6, 6.07) is 3.48. The molecule has 2 aromatic rings. The van der Waals surface area contributed by atoms with Gasteiger partial charge in [-0.05, 0) is 28.1 Å². The lowest BCUT2D eigenvalue weighted by atomic mass is 10.1. The van der Waals surface area contributed by atoms with Crippen LogP contribution in [-0.4, -0.2) is 18.2 Å². The van der Waals surface area contributed by atoms with Gasteiger partial charge in [-0.3, -0.25) is 0 Å². The summed E-state index contributed by atoms with van der Waals surface area (Å²) in [5.41, 5.74) is -0.0988. The molecule has 0 aliphatic carbocycles. The van der Waals surface area contributed by atoms with E-state index in [9.17, 15) is 13.6 Å². The van der Waals surface area contributed by atoms with Crippen molar-refractivity contribution in [2.75, 3.05) is 7.11 Å². The van der Waals surface area contributed by atoms with Crippen LogP contribution in [0.1, 0.15) is 10.5 Å². The quantitative estimate of drug-likeness (QED) is 0.630. The van der Waals surface area contributed by atoms with Crippen molar-refractivity contribution >= 4 is 21.9 Å². The summed E-state index contributed by atoms with van der Waals surface area (Å²) in [4.78, 5) is 11.2. The number of benzene rings is 1. The average Bonchev–Trinajstić information content (AvgIpc) is 2.84. The Morgan fingerprint density at radius 1 is 1.44 bits per heavy atom. The standard InChI is InChI=1S/C11H6BrF2NO3/c1-17-11(16)7-4-8(18-15-7)5-2-3-6(13)9(12)10(5)14/h2-4H,1H3. The predicted octanol–water partition coefficient (Wildman–Crippen LogP) is 3.17. The number of hydrogen-bond donors (Lipinski definition) is 0. The Balaban J connectivity index is 2.47. The third-order valence-corrected chi connectivity index (χ3v) is 2.93. The highest BCUT2D eigenvalue weighted by Crippen LogP contribution is 2.30. The number of ether oxygens (including phenoxy) is 1. The molecule has 0 aliphatic heterocycles. The van der Waals surface area contributed by atoms with E-state index < -0.39 is 17.6 Å². The molecule has 2 rings (SSSR count). The van der Waals surface area contributed by atoms with Crippen molar-refractivity contribution in [1.82, 2.24) is 5.16 Å². The molecular weight excluding hydrogens is 312 g/mol. The molecule has 0 N–H and O–H groups in total. The molecule has 94 valence electrons. The molecule has 0 spiro atoms. The second-order valence-electron chi connectivity index (χ2n) is 3.29. The zero-order valence-electron chi connectivity index (χ0n) is 9.04. The summed E-state index contributed by atoms with van der Waals surface area (Å²) in [5, 5.41) is 3.43. The maximum atomic E-state index is 13.7. The van der Waals surface area contributed by atoms with Crippen molar-refractivity contribution < 1.29 is 22.8 Å². The predicted molar refractivity (Wildman–Crippen MR) is 60.9 cm³/mol. The molecule has 0 atom stereocenters. The third kappa shape index (κ3) is 2.13. The summed E-state index contributed by atoms with van der Waals surface area (Å²) in [6.07, 6.45) is 0. The Kier molecular flexibility index (Phi) is 3.42. The lowest BCUT2D eigenvalue weighted by molar-refractivity contribution is 0.0589. The largest absolute Gasteiger partial charge is 0.464 e. The average molecular weight is 318 g/mol. The number of methoxy groups -OCH3 is 1. The lowest BCUT2D eigenvalue weighted by Gasteiger charge is -2.01. The number of carbonyl (C=O) groups is 1. The van der Waals surface area contributed by atoms with E-state index in [4.69, 9.17) is 4.52 Å². The second-order valence-corrected chi connectivity index (χ2v) is 4.08. The van der Waals surface area contributed by atoms with E-state index >= 15 is 0 Å². The van der Waals surface area contributed by atoms with Gasteiger partial charge in [-0.25, -0.2) is 13.6 Å². The lowest BCUT2D eigenvalue weighted by Crippen LogP contribution is -2.00. The number of aromatic nitrogens is 1. The van der Waals surface area contributed by atoms with Crippen molar-refractivity contribution in [3.63, 3.8) is 0 Å². The van der Waals surface area contributed by atoms with E-state index in [1.165, 1.54) is 19.2 Å². The van der Waals surface area contributed by atoms with Gasteiger partial charge in [0.15, 0.2) is 17.3 Å². The number of carbonyl (C=O) groups excluding carboxylic acids is 1. The van der Waals surface area contributed by atoms with Crippen LogP contribution in [0.15, 0.2) is 27.2 Å². The first-order valence-electron chi connectivity index (χ1n) is 4.73. The van der Waals surface area contributed by atoms with Gasteiger partial charge in [-0.1, -0.05) is 5.16 Å². The molecule has 7 heteroatoms. The fourth-order valence-electron chi connectivity index (χ4n) is 1.32. The molecular formula is C11H6BrF2NO3. The first-order chi connectivity index (χ1) is 8.54. The first kappa shape index (κ1) is 12.7. The molecule has 1 aromatic heterocycles. The summed E-state index contributed by atoms with van der Waals surface area (Å²) in [6.45, 7) is 0. The van der Waals surface area contributed by atoms with E-state index in [-0.39, 0.29) is 21.5 Å². The molecule has 4 nitrogen and oxygen atoms in total. The van der Waals surface area contributed by atoms with Crippen molar-refractivity contribution in [1.29, 1.82) is 0 Å². The Morgan fingerprint density at radius 3 is 2.83 bits per heavy atom. The summed E-state index contributed by atoms with van der Waals surface area (Å²) in [7, 11) is 1.19. The fourth-order valence-corrected chi connectivity index (χ4v) is 1.66. The summed E-state index contributed by atoms with van der Waals surface area (Å²) >= 11 is 2.77. The highest BCUT2D eigenvalue weighted by Gasteiger charge is 2.19. The SMILES string of the molecule is COC(=O)c1cc(-c2ccc(F)c(Br)c2F)on1. The van der Waals surface area contributed by atoms with Gasteiger partial charge in [-0.2, -0.15) is 0 Å². The van der Waals surface area contributed by atoms with Crippen LogP contribution in [0.3, 0.4) is 0 Å². The molecule has 0 radical (unpaired) electrons. The highest BCUT2D eigenvalue weighted by atomic mass is 79.9. The maximum Gasteiger partial charge on any atom is 0.360 e. The van der Waals surface area contributed by atoms with Crippen LogP contribution in [0.4, 0.5) is 8.78 Å². The topological polar surface area (TPSA) is 52.3 Å². The van der Waals surface area contributed by atoms with Crippen LogP contribution in [0.25, 0.3) is 11.3 Å². The van der Waals surface area contributed by atoms with E-state index in [1.807, 2.05) is 0 Å². The van der Waals surface area contributed by atoms with Gasteiger partial charge in [0.1, 0.15) is 5.82 Å². The van der Waals surface area contributed by atoms with Gasteiger partial charge in [0.2, 0.25) is 0 Å². The van der Waals surface area contributed by atoms with Gasteiger partial charge in [-0.15, -0.1) is 0 Å². The molecule has 0 bridgehead atoms. The van der Waals surface area contributed by atoms with Gasteiger partial charge in [0, 0.05) is 6.07 Å². The zero-order chi connectivity index (χ0) is 13.3. The van der Waals surface area contributed by atoms with E-state index in [0.717, 1.165) is 6.07 Å². The molecule has 0 unspecified atom stereocenters. The summed E-state index contributed by atoms with van der Waals surface area (Å²) in [5.74, 6) is -2.26. The minimum absolute atomic E-state index is 0.00796. The van der Waals surface area contributed by atoms with Crippen LogP contribution in [0.2, 0.25) is 0 Å². The van der Waals surface area contributed by atoms with E-state index in [2.05, 4.69) is 25.8 Å². The molecule has 1 heterocycles. The van der Waals surface area contributed by atoms with Crippen molar-refractivity contribution in [2.24, 2.45) is 0 Å². The second kappa shape index (κ2) is 4.85. The van der Waals surface area contributed by atoms with E-state index in [1.54, 1.807) is 0 Å². The van der Waals surface area contributed by atoms with Crippen LogP contribution in [-0.2, 0) is 4.74 Å². The first-order valence-corrected chi connectivity index (χ1v) is 5.52. The van der Waals surface area contributed by atoms with Gasteiger partial charge >= 0.3 is 5.97 Å². The minimum atomic E-state index is -0.831. The number of nitrogens with zero attached hydrogens (tertiary/aromatic N) is 1. The Bertz CT molecular complexity index is 612. The van der Waals surface area contributed by atoms with Crippen molar-refractivity contribution in [3.05, 3.63) is 40.0 Å². The number of rotatable bonds is 2. The minimum Gasteiger partial charge on any atom is -0.464 e. The normalized spacial score (nSPS) is 10.4. The smallest absolute Gasteiger partial charge is 0.360 e.